The lowest BCUT2D eigenvalue weighted by Gasteiger charge is -2.02. The van der Waals surface area contributed by atoms with E-state index in [4.69, 9.17) is 17.2 Å². The quantitative estimate of drug-likeness (QED) is 0.461. The Kier molecular flexibility index (Phi) is 6.77. The van der Waals surface area contributed by atoms with Crippen LogP contribution in [-0.2, 0) is 4.79 Å². The minimum Gasteiger partial charge on any atom is -0.399 e. The fourth-order valence-corrected chi connectivity index (χ4v) is 1.16. The van der Waals surface area contributed by atoms with E-state index in [0.29, 0.717) is 24.5 Å². The molecule has 1 aromatic rings. The number of halogens is 1. The molecule has 6 heteroatoms. The SMILES string of the molecule is Cl.NCCNC(=O)/C=C/c1cc(N)ccc1N. The fourth-order valence-electron chi connectivity index (χ4n) is 1.16. The van der Waals surface area contributed by atoms with Crippen molar-refractivity contribution in [1.29, 1.82) is 0 Å². The number of carbonyl (C=O) groups is 1. The van der Waals surface area contributed by atoms with Gasteiger partial charge >= 0.3 is 0 Å². The van der Waals surface area contributed by atoms with Crippen LogP contribution in [0, 0.1) is 0 Å². The Morgan fingerprint density at radius 2 is 2.06 bits per heavy atom. The average Bonchev–Trinajstić information content (AvgIpc) is 2.27. The van der Waals surface area contributed by atoms with Crippen molar-refractivity contribution in [3.05, 3.63) is 29.8 Å². The second kappa shape index (κ2) is 7.54. The first-order valence-electron chi connectivity index (χ1n) is 4.94. The second-order valence-corrected chi connectivity index (χ2v) is 3.30. The molecule has 0 saturated heterocycles. The number of anilines is 2. The number of nitrogens with one attached hydrogen (secondary N) is 1. The predicted octanol–water partition coefficient (Wildman–Crippen LogP) is 0.361. The van der Waals surface area contributed by atoms with Crippen molar-refractivity contribution in [2.75, 3.05) is 24.6 Å². The summed E-state index contributed by atoms with van der Waals surface area (Å²) in [7, 11) is 0. The molecule has 0 aliphatic heterocycles. The molecular formula is C11H17ClN4O. The molecule has 0 aliphatic rings. The number of hydrogen-bond donors (Lipinski definition) is 4. The first-order valence-corrected chi connectivity index (χ1v) is 4.94. The van der Waals surface area contributed by atoms with E-state index in [-0.39, 0.29) is 18.3 Å². The third-order valence-corrected chi connectivity index (χ3v) is 1.97. The lowest BCUT2D eigenvalue weighted by Crippen LogP contribution is -2.27. The van der Waals surface area contributed by atoms with Gasteiger partial charge in [-0.1, -0.05) is 0 Å². The van der Waals surface area contributed by atoms with Crippen LogP contribution in [0.1, 0.15) is 5.56 Å². The van der Waals surface area contributed by atoms with Gasteiger partial charge < -0.3 is 22.5 Å². The first kappa shape index (κ1) is 15.3. The van der Waals surface area contributed by atoms with Crippen LogP contribution in [0.2, 0.25) is 0 Å². The number of hydrogen-bond acceptors (Lipinski definition) is 4. The summed E-state index contributed by atoms with van der Waals surface area (Å²) in [6.07, 6.45) is 3.03. The highest BCUT2D eigenvalue weighted by atomic mass is 35.5. The summed E-state index contributed by atoms with van der Waals surface area (Å²) in [5.74, 6) is -0.202. The van der Waals surface area contributed by atoms with Gasteiger partial charge in [0.1, 0.15) is 0 Å². The van der Waals surface area contributed by atoms with Gasteiger partial charge in [-0.3, -0.25) is 4.79 Å². The molecule has 1 amide bonds. The monoisotopic (exact) mass is 256 g/mol. The van der Waals surface area contributed by atoms with Crippen LogP contribution in [0.3, 0.4) is 0 Å². The Morgan fingerprint density at radius 3 is 2.71 bits per heavy atom. The first-order chi connectivity index (χ1) is 7.63. The van der Waals surface area contributed by atoms with Crippen molar-refractivity contribution in [1.82, 2.24) is 5.32 Å². The third-order valence-electron chi connectivity index (χ3n) is 1.97. The van der Waals surface area contributed by atoms with Crippen molar-refractivity contribution in [2.45, 2.75) is 0 Å². The van der Waals surface area contributed by atoms with Gasteiger partial charge in [0.25, 0.3) is 0 Å². The Morgan fingerprint density at radius 1 is 1.35 bits per heavy atom. The molecule has 0 atom stereocenters. The molecule has 0 saturated carbocycles. The van der Waals surface area contributed by atoms with Gasteiger partial charge in [-0.25, -0.2) is 0 Å². The zero-order chi connectivity index (χ0) is 12.0. The Bertz CT molecular complexity index is 406. The third kappa shape index (κ3) is 5.24. The molecule has 0 bridgehead atoms. The van der Waals surface area contributed by atoms with E-state index in [1.54, 1.807) is 24.3 Å². The van der Waals surface area contributed by atoms with Gasteiger partial charge in [0.2, 0.25) is 5.91 Å². The maximum absolute atomic E-state index is 11.2. The van der Waals surface area contributed by atoms with Gasteiger partial charge in [0.05, 0.1) is 0 Å². The molecule has 0 radical (unpaired) electrons. The Hall–Kier alpha value is -1.72. The highest BCUT2D eigenvalue weighted by molar-refractivity contribution is 5.92. The van der Waals surface area contributed by atoms with Gasteiger partial charge in [0.15, 0.2) is 0 Å². The zero-order valence-electron chi connectivity index (χ0n) is 9.35. The Labute approximate surface area is 106 Å². The summed E-state index contributed by atoms with van der Waals surface area (Å²) in [4.78, 5) is 11.2. The van der Waals surface area contributed by atoms with Crippen LogP contribution < -0.4 is 22.5 Å². The van der Waals surface area contributed by atoms with Gasteiger partial charge in [-0.15, -0.1) is 12.4 Å². The number of carbonyl (C=O) groups excluding carboxylic acids is 1. The second-order valence-electron chi connectivity index (χ2n) is 3.30. The molecule has 0 spiro atoms. The van der Waals surface area contributed by atoms with E-state index in [0.717, 1.165) is 5.56 Å². The molecule has 1 rings (SSSR count). The highest BCUT2D eigenvalue weighted by Crippen LogP contribution is 2.16. The topological polar surface area (TPSA) is 107 Å². The van der Waals surface area contributed by atoms with Crippen LogP contribution in [0.15, 0.2) is 24.3 Å². The lowest BCUT2D eigenvalue weighted by molar-refractivity contribution is -0.116. The minimum atomic E-state index is -0.202. The van der Waals surface area contributed by atoms with E-state index >= 15 is 0 Å². The molecule has 0 fully saturated rings. The van der Waals surface area contributed by atoms with Crippen molar-refractivity contribution in [3.63, 3.8) is 0 Å². The average molecular weight is 257 g/mol. The normalized spacial score (nSPS) is 9.94. The van der Waals surface area contributed by atoms with Gasteiger partial charge in [-0.05, 0) is 29.8 Å². The molecule has 17 heavy (non-hydrogen) atoms. The molecule has 5 nitrogen and oxygen atoms in total. The Balaban J connectivity index is 0.00000256. The summed E-state index contributed by atoms with van der Waals surface area (Å²) in [6, 6.07) is 5.12. The summed E-state index contributed by atoms with van der Waals surface area (Å²) >= 11 is 0. The van der Waals surface area contributed by atoms with Crippen LogP contribution >= 0.6 is 12.4 Å². The number of rotatable bonds is 4. The minimum absolute atomic E-state index is 0. The van der Waals surface area contributed by atoms with Crippen molar-refractivity contribution >= 4 is 35.8 Å². The maximum Gasteiger partial charge on any atom is 0.244 e. The van der Waals surface area contributed by atoms with E-state index < -0.39 is 0 Å². The zero-order valence-corrected chi connectivity index (χ0v) is 10.2. The molecule has 0 aliphatic carbocycles. The molecular weight excluding hydrogens is 240 g/mol. The summed E-state index contributed by atoms with van der Waals surface area (Å²) in [5, 5.41) is 2.61. The summed E-state index contributed by atoms with van der Waals surface area (Å²) in [6.45, 7) is 0.871. The number of nitrogen functional groups attached to an aromatic ring is 2. The standard InChI is InChI=1S/C11H16N4O.ClH/c12-5-6-15-11(16)4-1-8-7-9(13)2-3-10(8)14;/h1-4,7H,5-6,12-14H2,(H,15,16);1H/b4-1+;. The van der Waals surface area contributed by atoms with E-state index in [1.165, 1.54) is 6.08 Å². The molecule has 0 unspecified atom stereocenters. The van der Waals surface area contributed by atoms with E-state index in [2.05, 4.69) is 5.32 Å². The maximum atomic E-state index is 11.2. The molecule has 0 aromatic heterocycles. The van der Waals surface area contributed by atoms with Crippen molar-refractivity contribution < 1.29 is 4.79 Å². The summed E-state index contributed by atoms with van der Waals surface area (Å²) in [5.41, 5.74) is 18.5. The van der Waals surface area contributed by atoms with Gasteiger partial charge in [-0.2, -0.15) is 0 Å². The van der Waals surface area contributed by atoms with E-state index in [9.17, 15) is 4.79 Å². The molecule has 94 valence electrons. The number of nitrogens with two attached hydrogens (primary N) is 3. The van der Waals surface area contributed by atoms with Crippen LogP contribution in [0.5, 0.6) is 0 Å². The molecule has 7 N–H and O–H groups in total. The van der Waals surface area contributed by atoms with Crippen molar-refractivity contribution in [3.8, 4) is 0 Å². The fraction of sp³-hybridized carbons (Fsp3) is 0.182. The van der Waals surface area contributed by atoms with Crippen molar-refractivity contribution in [2.24, 2.45) is 5.73 Å². The molecule has 0 heterocycles. The largest absolute Gasteiger partial charge is 0.399 e. The smallest absolute Gasteiger partial charge is 0.244 e. The predicted molar refractivity (Wildman–Crippen MR) is 73.6 cm³/mol. The number of amides is 1. The lowest BCUT2D eigenvalue weighted by atomic mass is 10.1. The van der Waals surface area contributed by atoms with Crippen LogP contribution in [0.25, 0.3) is 6.08 Å². The number of benzene rings is 1. The summed E-state index contributed by atoms with van der Waals surface area (Å²) < 4.78 is 0. The van der Waals surface area contributed by atoms with Crippen LogP contribution in [-0.4, -0.2) is 19.0 Å². The highest BCUT2D eigenvalue weighted by Gasteiger charge is 1.97. The van der Waals surface area contributed by atoms with Crippen LogP contribution in [0.4, 0.5) is 11.4 Å². The van der Waals surface area contributed by atoms with E-state index in [1.807, 2.05) is 0 Å². The molecule has 1 aromatic carbocycles. The van der Waals surface area contributed by atoms with Gasteiger partial charge in [0, 0.05) is 30.5 Å².